The van der Waals surface area contributed by atoms with Gasteiger partial charge in [0.25, 0.3) is 11.6 Å². The van der Waals surface area contributed by atoms with Crippen LogP contribution in [0.15, 0.2) is 35.7 Å². The molecule has 0 unspecified atom stereocenters. The van der Waals surface area contributed by atoms with Gasteiger partial charge in [-0.1, -0.05) is 31.4 Å². The third-order valence-electron chi connectivity index (χ3n) is 4.65. The maximum absolute atomic E-state index is 12.8. The molecule has 1 fully saturated rings. The number of nitriles is 1. The van der Waals surface area contributed by atoms with Crippen LogP contribution >= 0.6 is 0 Å². The minimum absolute atomic E-state index is 0.0301. The number of rotatable bonds is 2. The van der Waals surface area contributed by atoms with Crippen LogP contribution in [-0.2, 0) is 0 Å². The van der Waals surface area contributed by atoms with E-state index < -0.39 is 16.4 Å². The fraction of sp³-hybridized carbons (Fsp3) is 0.375. The molecule has 1 aliphatic carbocycles. The molecule has 8 nitrogen and oxygen atoms in total. The van der Waals surface area contributed by atoms with Gasteiger partial charge < -0.3 is 5.73 Å². The molecule has 0 saturated heterocycles. The second-order valence-corrected chi connectivity index (χ2v) is 6.04. The highest BCUT2D eigenvalue weighted by Gasteiger charge is 2.47. The summed E-state index contributed by atoms with van der Waals surface area (Å²) in [6.07, 6.45) is 4.34. The summed E-state index contributed by atoms with van der Waals surface area (Å²) in [6, 6.07) is 7.81. The van der Waals surface area contributed by atoms with Crippen LogP contribution in [0.5, 0.6) is 0 Å². The predicted octanol–water partition coefficient (Wildman–Crippen LogP) is 1.95. The third kappa shape index (κ3) is 2.39. The second-order valence-electron chi connectivity index (χ2n) is 6.04. The van der Waals surface area contributed by atoms with Crippen molar-refractivity contribution >= 4 is 11.6 Å². The molecule has 8 heteroatoms. The highest BCUT2D eigenvalue weighted by molar-refractivity contribution is 5.99. The van der Waals surface area contributed by atoms with E-state index in [1.54, 1.807) is 6.07 Å². The zero-order chi connectivity index (χ0) is 17.3. The van der Waals surface area contributed by atoms with Crippen molar-refractivity contribution in [1.29, 1.82) is 5.26 Å². The van der Waals surface area contributed by atoms with Gasteiger partial charge in [-0.25, -0.2) is 10.4 Å². The number of benzene rings is 1. The van der Waals surface area contributed by atoms with Gasteiger partial charge in [-0.3, -0.25) is 14.9 Å². The molecule has 1 heterocycles. The summed E-state index contributed by atoms with van der Waals surface area (Å²) in [5, 5.41) is 21.7. The van der Waals surface area contributed by atoms with Gasteiger partial charge in [0, 0.05) is 6.07 Å². The summed E-state index contributed by atoms with van der Waals surface area (Å²) >= 11 is 0. The number of carbonyl (C=O) groups excluding carboxylic acids is 1. The van der Waals surface area contributed by atoms with Crippen LogP contribution < -0.4 is 11.2 Å². The Bertz CT molecular complexity index is 774. The molecular formula is C16H17N5O3. The van der Waals surface area contributed by atoms with E-state index in [0.717, 1.165) is 24.3 Å². The maximum Gasteiger partial charge on any atom is 0.282 e. The standard InChI is InChI=1S/C16H17N5O3/c17-10-12-14(18)20(19-16(12)8-4-1-5-9-16)15(22)11-6-2-3-7-13(11)21(23)24/h2-3,6-7,19H,1,4-5,8-9,18H2. The van der Waals surface area contributed by atoms with Crippen molar-refractivity contribution in [3.05, 3.63) is 51.3 Å². The molecule has 1 aliphatic heterocycles. The van der Waals surface area contributed by atoms with E-state index in [4.69, 9.17) is 5.73 Å². The molecule has 1 aromatic carbocycles. The van der Waals surface area contributed by atoms with Crippen LogP contribution in [0.25, 0.3) is 0 Å². The molecule has 2 aliphatic rings. The minimum atomic E-state index is -0.643. The average Bonchev–Trinajstić information content (AvgIpc) is 2.86. The quantitative estimate of drug-likeness (QED) is 0.631. The van der Waals surface area contributed by atoms with Gasteiger partial charge in [-0.05, 0) is 18.9 Å². The van der Waals surface area contributed by atoms with Gasteiger partial charge in [-0.15, -0.1) is 0 Å². The molecule has 24 heavy (non-hydrogen) atoms. The van der Waals surface area contributed by atoms with E-state index in [0.29, 0.717) is 18.4 Å². The van der Waals surface area contributed by atoms with Gasteiger partial charge in [-0.2, -0.15) is 5.26 Å². The topological polar surface area (TPSA) is 125 Å². The number of hydrogen-bond donors (Lipinski definition) is 2. The van der Waals surface area contributed by atoms with Crippen molar-refractivity contribution < 1.29 is 9.72 Å². The largest absolute Gasteiger partial charge is 0.383 e. The minimum Gasteiger partial charge on any atom is -0.383 e. The molecule has 0 aromatic heterocycles. The fourth-order valence-electron chi connectivity index (χ4n) is 3.46. The highest BCUT2D eigenvalue weighted by Crippen LogP contribution is 2.39. The summed E-state index contributed by atoms with van der Waals surface area (Å²) < 4.78 is 0. The molecule has 0 radical (unpaired) electrons. The second kappa shape index (κ2) is 5.94. The van der Waals surface area contributed by atoms with Gasteiger partial charge in [0.15, 0.2) is 0 Å². The Balaban J connectivity index is 1.99. The lowest BCUT2D eigenvalue weighted by Gasteiger charge is -2.34. The van der Waals surface area contributed by atoms with E-state index in [9.17, 15) is 20.2 Å². The van der Waals surface area contributed by atoms with Crippen LogP contribution in [0.2, 0.25) is 0 Å². The summed E-state index contributed by atoms with van der Waals surface area (Å²) in [5.41, 5.74) is 8.44. The molecule has 1 aromatic rings. The van der Waals surface area contributed by atoms with Crippen molar-refractivity contribution in [3.8, 4) is 6.07 Å². The van der Waals surface area contributed by atoms with E-state index in [1.807, 2.05) is 0 Å². The van der Waals surface area contributed by atoms with Gasteiger partial charge in [0.1, 0.15) is 17.5 Å². The Morgan fingerprint density at radius 3 is 2.62 bits per heavy atom. The van der Waals surface area contributed by atoms with Crippen molar-refractivity contribution in [2.75, 3.05) is 0 Å². The van der Waals surface area contributed by atoms with Crippen LogP contribution in [0.3, 0.4) is 0 Å². The molecule has 124 valence electrons. The molecular weight excluding hydrogens is 310 g/mol. The van der Waals surface area contributed by atoms with Gasteiger partial charge >= 0.3 is 0 Å². The summed E-state index contributed by atoms with van der Waals surface area (Å²) in [5.74, 6) is -0.599. The van der Waals surface area contributed by atoms with E-state index in [-0.39, 0.29) is 17.1 Å². The van der Waals surface area contributed by atoms with Crippen LogP contribution in [0.1, 0.15) is 42.5 Å². The first-order valence-electron chi connectivity index (χ1n) is 7.76. The molecule has 3 rings (SSSR count). The molecule has 1 spiro atoms. The third-order valence-corrected chi connectivity index (χ3v) is 4.65. The van der Waals surface area contributed by atoms with Crippen molar-refractivity contribution in [2.24, 2.45) is 5.73 Å². The summed E-state index contributed by atoms with van der Waals surface area (Å²) in [7, 11) is 0. The number of nitro groups is 1. The van der Waals surface area contributed by atoms with Gasteiger partial charge in [0.2, 0.25) is 0 Å². The van der Waals surface area contributed by atoms with Crippen LogP contribution in [0, 0.1) is 21.4 Å². The zero-order valence-corrected chi connectivity index (χ0v) is 13.0. The number of carbonyl (C=O) groups is 1. The predicted molar refractivity (Wildman–Crippen MR) is 85.0 cm³/mol. The first-order chi connectivity index (χ1) is 11.5. The van der Waals surface area contributed by atoms with Crippen LogP contribution in [-0.4, -0.2) is 21.4 Å². The number of para-hydroxylation sites is 1. The van der Waals surface area contributed by atoms with E-state index in [1.165, 1.54) is 18.2 Å². The molecule has 0 atom stereocenters. The molecule has 0 bridgehead atoms. The monoisotopic (exact) mass is 327 g/mol. The first kappa shape index (κ1) is 16.0. The number of hydrazine groups is 1. The fourth-order valence-corrected chi connectivity index (χ4v) is 3.46. The summed E-state index contributed by atoms with van der Waals surface area (Å²) in [4.78, 5) is 23.4. The van der Waals surface area contributed by atoms with Crippen LogP contribution in [0.4, 0.5) is 5.69 Å². The SMILES string of the molecule is N#CC1=C(N)N(C(=O)c2ccccc2[N+](=O)[O-])NC12CCCCC2. The summed E-state index contributed by atoms with van der Waals surface area (Å²) in [6.45, 7) is 0. The Kier molecular flexibility index (Phi) is 3.95. The van der Waals surface area contributed by atoms with E-state index in [2.05, 4.69) is 11.5 Å². The number of nitro benzene ring substituents is 1. The lowest BCUT2D eigenvalue weighted by Crippen LogP contribution is -2.52. The van der Waals surface area contributed by atoms with Crippen molar-refractivity contribution in [1.82, 2.24) is 10.4 Å². The Labute approximate surface area is 138 Å². The average molecular weight is 327 g/mol. The molecule has 1 amide bonds. The lowest BCUT2D eigenvalue weighted by molar-refractivity contribution is -0.385. The Hall–Kier alpha value is -2.92. The smallest absolute Gasteiger partial charge is 0.282 e. The zero-order valence-electron chi connectivity index (χ0n) is 13.0. The molecule has 3 N–H and O–H groups in total. The number of hydrogen-bond acceptors (Lipinski definition) is 6. The Morgan fingerprint density at radius 2 is 2.00 bits per heavy atom. The first-order valence-corrected chi connectivity index (χ1v) is 7.76. The van der Waals surface area contributed by atoms with Crippen molar-refractivity contribution in [3.63, 3.8) is 0 Å². The van der Waals surface area contributed by atoms with Gasteiger partial charge in [0.05, 0.1) is 16.0 Å². The Morgan fingerprint density at radius 1 is 1.33 bits per heavy atom. The van der Waals surface area contributed by atoms with E-state index >= 15 is 0 Å². The number of nitrogens with zero attached hydrogens (tertiary/aromatic N) is 3. The highest BCUT2D eigenvalue weighted by atomic mass is 16.6. The number of nitrogens with one attached hydrogen (secondary N) is 1. The molecule has 1 saturated carbocycles. The normalized spacial score (nSPS) is 19.4. The maximum atomic E-state index is 12.8. The van der Waals surface area contributed by atoms with Crippen molar-refractivity contribution in [2.45, 2.75) is 37.6 Å². The lowest BCUT2D eigenvalue weighted by atomic mass is 9.78. The number of nitrogens with two attached hydrogens (primary N) is 1. The number of amides is 1.